The molecular formula is C21H18N4O2S. The molecule has 2 heterocycles. The van der Waals surface area contributed by atoms with E-state index in [9.17, 15) is 9.59 Å². The van der Waals surface area contributed by atoms with E-state index in [0.717, 1.165) is 35.0 Å². The van der Waals surface area contributed by atoms with E-state index in [4.69, 9.17) is 0 Å². The van der Waals surface area contributed by atoms with Gasteiger partial charge in [0.25, 0.3) is 0 Å². The molecule has 140 valence electrons. The van der Waals surface area contributed by atoms with E-state index in [1.165, 1.54) is 11.8 Å². The summed E-state index contributed by atoms with van der Waals surface area (Å²) in [6, 6.07) is 17.9. The third kappa shape index (κ3) is 2.97. The summed E-state index contributed by atoms with van der Waals surface area (Å²) in [6.45, 7) is 0. The van der Waals surface area contributed by atoms with Crippen molar-refractivity contribution < 1.29 is 4.79 Å². The highest BCUT2D eigenvalue weighted by Crippen LogP contribution is 2.36. The smallest absolute Gasteiger partial charge is 0.344 e. The van der Waals surface area contributed by atoms with Gasteiger partial charge >= 0.3 is 5.69 Å². The summed E-state index contributed by atoms with van der Waals surface area (Å²) in [5.41, 5.74) is 3.22. The molecule has 5 rings (SSSR count). The first kappa shape index (κ1) is 17.1. The van der Waals surface area contributed by atoms with Gasteiger partial charge in [-0.15, -0.1) is 5.10 Å². The van der Waals surface area contributed by atoms with Crippen LogP contribution in [0.15, 0.2) is 64.5 Å². The average Bonchev–Trinajstić information content (AvgIpc) is 3.38. The van der Waals surface area contributed by atoms with Crippen LogP contribution in [0, 0.1) is 0 Å². The van der Waals surface area contributed by atoms with E-state index in [0.29, 0.717) is 10.7 Å². The Morgan fingerprint density at radius 1 is 1.11 bits per heavy atom. The lowest BCUT2D eigenvalue weighted by molar-refractivity contribution is 0.102. The Labute approximate surface area is 165 Å². The molecule has 0 spiro atoms. The first-order chi connectivity index (χ1) is 13.7. The van der Waals surface area contributed by atoms with Crippen molar-refractivity contribution in [3.63, 3.8) is 0 Å². The summed E-state index contributed by atoms with van der Waals surface area (Å²) < 4.78 is 1.67. The molecule has 1 saturated carbocycles. The summed E-state index contributed by atoms with van der Waals surface area (Å²) in [4.78, 5) is 28.6. The first-order valence-electron chi connectivity index (χ1n) is 9.21. The average molecular weight is 390 g/mol. The Hall–Kier alpha value is -3.06. The second kappa shape index (κ2) is 6.83. The third-order valence-corrected chi connectivity index (χ3v) is 5.92. The fraction of sp³-hybridized carbons (Fsp3) is 0.190. The van der Waals surface area contributed by atoms with Crippen molar-refractivity contribution in [1.29, 1.82) is 0 Å². The van der Waals surface area contributed by atoms with Gasteiger partial charge in [0.1, 0.15) is 0 Å². The Balaban J connectivity index is 1.50. The van der Waals surface area contributed by atoms with Crippen LogP contribution >= 0.6 is 11.8 Å². The van der Waals surface area contributed by atoms with Crippen LogP contribution in [0.25, 0.3) is 22.2 Å². The monoisotopic (exact) mass is 390 g/mol. The summed E-state index contributed by atoms with van der Waals surface area (Å²) >= 11 is 1.31. The SMILES string of the molecule is O=C(CSc1n[nH]c(=O)n1C1CC1)c1c(-c2ccccc2)[nH]c2ccccc12. The minimum absolute atomic E-state index is 0.0131. The maximum atomic E-state index is 13.2. The van der Waals surface area contributed by atoms with Gasteiger partial charge in [-0.3, -0.25) is 9.36 Å². The molecule has 0 saturated heterocycles. The fourth-order valence-corrected chi connectivity index (χ4v) is 4.39. The standard InChI is InChI=1S/C21H18N4O2S/c26-17(12-28-21-24-23-20(27)25(21)14-10-11-14)18-15-8-4-5-9-16(15)22-19(18)13-6-2-1-3-7-13/h1-9,14,22H,10-12H2,(H,23,27). The van der Waals surface area contributed by atoms with Crippen molar-refractivity contribution in [2.75, 3.05) is 5.75 Å². The number of aromatic nitrogens is 4. The molecule has 0 aliphatic heterocycles. The van der Waals surface area contributed by atoms with E-state index in [1.54, 1.807) is 4.57 Å². The fourth-order valence-electron chi connectivity index (χ4n) is 3.50. The van der Waals surface area contributed by atoms with E-state index in [1.807, 2.05) is 54.6 Å². The number of Topliss-reactive ketones (excluding diaryl/α,β-unsaturated/α-hetero) is 1. The molecule has 1 fully saturated rings. The van der Waals surface area contributed by atoms with Gasteiger partial charge in [0.05, 0.1) is 17.0 Å². The molecule has 0 atom stereocenters. The number of rotatable bonds is 6. The molecule has 0 radical (unpaired) electrons. The van der Waals surface area contributed by atoms with Gasteiger partial charge in [-0.05, 0) is 24.5 Å². The van der Waals surface area contributed by atoms with Gasteiger partial charge in [-0.25, -0.2) is 9.89 Å². The number of thioether (sulfide) groups is 1. The lowest BCUT2D eigenvalue weighted by atomic mass is 10.0. The minimum atomic E-state index is -0.200. The van der Waals surface area contributed by atoms with Gasteiger partial charge in [-0.2, -0.15) is 0 Å². The van der Waals surface area contributed by atoms with Crippen LogP contribution in [-0.4, -0.2) is 31.3 Å². The van der Waals surface area contributed by atoms with Crippen LogP contribution in [0.3, 0.4) is 0 Å². The zero-order valence-corrected chi connectivity index (χ0v) is 15.8. The highest BCUT2D eigenvalue weighted by Gasteiger charge is 2.29. The zero-order valence-electron chi connectivity index (χ0n) is 15.0. The topological polar surface area (TPSA) is 83.5 Å². The number of nitrogens with one attached hydrogen (secondary N) is 2. The van der Waals surface area contributed by atoms with Crippen LogP contribution in [0.5, 0.6) is 0 Å². The quantitative estimate of drug-likeness (QED) is 0.385. The second-order valence-corrected chi connectivity index (χ2v) is 7.85. The number of carbonyl (C=O) groups is 1. The highest BCUT2D eigenvalue weighted by molar-refractivity contribution is 7.99. The van der Waals surface area contributed by atoms with Crippen molar-refractivity contribution in [2.24, 2.45) is 0 Å². The number of ketones is 1. The Morgan fingerprint density at radius 3 is 2.64 bits per heavy atom. The Morgan fingerprint density at radius 2 is 1.86 bits per heavy atom. The lowest BCUT2D eigenvalue weighted by Gasteiger charge is -2.06. The molecule has 4 aromatic rings. The van der Waals surface area contributed by atoms with Gasteiger partial charge in [-0.1, -0.05) is 60.3 Å². The summed E-state index contributed by atoms with van der Waals surface area (Å²) in [6.07, 6.45) is 1.98. The van der Waals surface area contributed by atoms with E-state index in [2.05, 4.69) is 15.2 Å². The number of carbonyl (C=O) groups excluding carboxylic acids is 1. The molecule has 2 N–H and O–H groups in total. The maximum absolute atomic E-state index is 13.2. The molecular weight excluding hydrogens is 372 g/mol. The third-order valence-electron chi connectivity index (χ3n) is 4.96. The molecule has 6 nitrogen and oxygen atoms in total. The van der Waals surface area contributed by atoms with Crippen LogP contribution in [0.4, 0.5) is 0 Å². The van der Waals surface area contributed by atoms with Crippen LogP contribution in [-0.2, 0) is 0 Å². The molecule has 28 heavy (non-hydrogen) atoms. The molecule has 0 unspecified atom stereocenters. The van der Waals surface area contributed by atoms with Gasteiger partial charge < -0.3 is 4.98 Å². The predicted octanol–water partition coefficient (Wildman–Crippen LogP) is 4.03. The number of nitrogens with zero attached hydrogens (tertiary/aromatic N) is 2. The molecule has 1 aliphatic carbocycles. The summed E-state index contributed by atoms with van der Waals surface area (Å²) in [7, 11) is 0. The molecule has 0 bridgehead atoms. The number of benzene rings is 2. The lowest BCUT2D eigenvalue weighted by Crippen LogP contribution is -2.16. The largest absolute Gasteiger partial charge is 0.354 e. The molecule has 0 amide bonds. The second-order valence-electron chi connectivity index (χ2n) is 6.91. The number of aromatic amines is 2. The van der Waals surface area contributed by atoms with Crippen LogP contribution < -0.4 is 5.69 Å². The molecule has 2 aromatic carbocycles. The van der Waals surface area contributed by atoms with E-state index in [-0.39, 0.29) is 23.3 Å². The summed E-state index contributed by atoms with van der Waals surface area (Å²) in [5.74, 6) is 0.234. The normalized spacial score (nSPS) is 13.9. The van der Waals surface area contributed by atoms with Crippen molar-refractivity contribution >= 4 is 28.4 Å². The van der Waals surface area contributed by atoms with E-state index < -0.39 is 0 Å². The maximum Gasteiger partial charge on any atom is 0.344 e. The van der Waals surface area contributed by atoms with Crippen molar-refractivity contribution in [1.82, 2.24) is 19.7 Å². The Kier molecular flexibility index (Phi) is 4.16. The van der Waals surface area contributed by atoms with Crippen molar-refractivity contribution in [3.05, 3.63) is 70.6 Å². The van der Waals surface area contributed by atoms with E-state index >= 15 is 0 Å². The van der Waals surface area contributed by atoms with Gasteiger partial charge in [0.2, 0.25) is 0 Å². The molecule has 7 heteroatoms. The zero-order chi connectivity index (χ0) is 19.1. The first-order valence-corrected chi connectivity index (χ1v) is 10.2. The molecule has 2 aromatic heterocycles. The van der Waals surface area contributed by atoms with Gasteiger partial charge in [0, 0.05) is 16.9 Å². The number of hydrogen-bond donors (Lipinski definition) is 2. The minimum Gasteiger partial charge on any atom is -0.354 e. The van der Waals surface area contributed by atoms with Crippen molar-refractivity contribution in [2.45, 2.75) is 24.0 Å². The number of H-pyrrole nitrogens is 2. The molecule has 1 aliphatic rings. The van der Waals surface area contributed by atoms with Crippen LogP contribution in [0.2, 0.25) is 0 Å². The van der Waals surface area contributed by atoms with Crippen LogP contribution in [0.1, 0.15) is 29.2 Å². The number of hydrogen-bond acceptors (Lipinski definition) is 4. The summed E-state index contributed by atoms with van der Waals surface area (Å²) in [5, 5.41) is 8.10. The van der Waals surface area contributed by atoms with Gasteiger partial charge in [0.15, 0.2) is 10.9 Å². The Bertz CT molecular complexity index is 1220. The number of fused-ring (bicyclic) bond motifs is 1. The van der Waals surface area contributed by atoms with Crippen molar-refractivity contribution in [3.8, 4) is 11.3 Å². The predicted molar refractivity (Wildman–Crippen MR) is 110 cm³/mol. The highest BCUT2D eigenvalue weighted by atomic mass is 32.2. The number of para-hydroxylation sites is 1.